The maximum absolute atomic E-state index is 12.5. The van der Waals surface area contributed by atoms with Gasteiger partial charge in [-0.3, -0.25) is 9.69 Å². The number of aliphatic carboxylic acids is 2. The summed E-state index contributed by atoms with van der Waals surface area (Å²) in [6, 6.07) is 9.36. The van der Waals surface area contributed by atoms with Gasteiger partial charge < -0.3 is 20.3 Å². The van der Waals surface area contributed by atoms with Crippen molar-refractivity contribution in [3.05, 3.63) is 30.3 Å². The maximum atomic E-state index is 12.5. The summed E-state index contributed by atoms with van der Waals surface area (Å²) < 4.78 is 5.03. The zero-order chi connectivity index (χ0) is 20.4. The number of para-hydroxylation sites is 1. The van der Waals surface area contributed by atoms with E-state index in [1.54, 1.807) is 4.90 Å². The number of benzene rings is 1. The molecule has 1 fully saturated rings. The van der Waals surface area contributed by atoms with Crippen molar-refractivity contribution in [1.82, 2.24) is 5.32 Å². The molecule has 0 unspecified atom stereocenters. The van der Waals surface area contributed by atoms with Gasteiger partial charge in [0, 0.05) is 12.1 Å². The van der Waals surface area contributed by atoms with Gasteiger partial charge in [0.1, 0.15) is 5.54 Å². The van der Waals surface area contributed by atoms with Crippen LogP contribution in [0.25, 0.3) is 0 Å². The van der Waals surface area contributed by atoms with Crippen molar-refractivity contribution in [2.45, 2.75) is 31.7 Å². The molecule has 1 heterocycles. The second-order valence-electron chi connectivity index (χ2n) is 5.80. The average molecular weight is 380 g/mol. The minimum absolute atomic E-state index is 0.0616. The Bertz CT molecular complexity index is 658. The van der Waals surface area contributed by atoms with Crippen LogP contribution in [0.3, 0.4) is 0 Å². The molecule has 0 aliphatic carbocycles. The molecule has 1 aromatic carbocycles. The minimum atomic E-state index is -1.82. The van der Waals surface area contributed by atoms with Crippen LogP contribution in [0.1, 0.15) is 26.2 Å². The zero-order valence-corrected chi connectivity index (χ0v) is 15.3. The summed E-state index contributed by atoms with van der Waals surface area (Å²) >= 11 is 0. The molecule has 148 valence electrons. The fraction of sp³-hybridized carbons (Fsp3) is 0.444. The first-order valence-electron chi connectivity index (χ1n) is 8.43. The highest BCUT2D eigenvalue weighted by Gasteiger charge is 2.48. The maximum Gasteiger partial charge on any atom is 0.414 e. The van der Waals surface area contributed by atoms with Crippen LogP contribution in [0.2, 0.25) is 0 Å². The number of ether oxygens (including phenoxy) is 1. The van der Waals surface area contributed by atoms with Crippen LogP contribution >= 0.6 is 0 Å². The first-order chi connectivity index (χ1) is 12.8. The van der Waals surface area contributed by atoms with Gasteiger partial charge in [-0.25, -0.2) is 14.4 Å². The van der Waals surface area contributed by atoms with Gasteiger partial charge in [0.25, 0.3) is 0 Å². The molecule has 27 heavy (non-hydrogen) atoms. The lowest BCUT2D eigenvalue weighted by Crippen LogP contribution is -2.62. The molecular weight excluding hydrogens is 356 g/mol. The summed E-state index contributed by atoms with van der Waals surface area (Å²) in [5, 5.41) is 18.0. The summed E-state index contributed by atoms with van der Waals surface area (Å²) in [6.45, 7) is 3.19. The monoisotopic (exact) mass is 380 g/mol. The third-order valence-electron chi connectivity index (χ3n) is 4.17. The lowest BCUT2D eigenvalue weighted by molar-refractivity contribution is -0.159. The van der Waals surface area contributed by atoms with Gasteiger partial charge in [0.2, 0.25) is 5.91 Å². The molecule has 2 rings (SSSR count). The van der Waals surface area contributed by atoms with Crippen molar-refractivity contribution in [3.63, 3.8) is 0 Å². The number of hydrogen-bond acceptors (Lipinski definition) is 6. The lowest BCUT2D eigenvalue weighted by Gasteiger charge is -2.44. The number of amides is 1. The predicted octanol–water partition coefficient (Wildman–Crippen LogP) is 0.880. The Morgan fingerprint density at radius 2 is 1.59 bits per heavy atom. The van der Waals surface area contributed by atoms with Crippen molar-refractivity contribution in [3.8, 4) is 0 Å². The van der Waals surface area contributed by atoms with Crippen LogP contribution in [-0.2, 0) is 23.9 Å². The molecule has 0 radical (unpaired) electrons. The van der Waals surface area contributed by atoms with Gasteiger partial charge in [-0.1, -0.05) is 25.1 Å². The Labute approximate surface area is 156 Å². The number of piperidine rings is 1. The van der Waals surface area contributed by atoms with Gasteiger partial charge in [0.15, 0.2) is 0 Å². The van der Waals surface area contributed by atoms with Gasteiger partial charge in [-0.05, 0) is 38.1 Å². The highest BCUT2D eigenvalue weighted by molar-refractivity contribution is 6.27. The van der Waals surface area contributed by atoms with Gasteiger partial charge in [0.05, 0.1) is 7.11 Å². The van der Waals surface area contributed by atoms with E-state index in [0.29, 0.717) is 32.4 Å². The molecule has 1 amide bonds. The number of carbonyl (C=O) groups is 4. The van der Waals surface area contributed by atoms with Crippen molar-refractivity contribution in [2.24, 2.45) is 0 Å². The van der Waals surface area contributed by atoms with E-state index in [-0.39, 0.29) is 11.9 Å². The normalized spacial score (nSPS) is 14.9. The molecule has 9 nitrogen and oxygen atoms in total. The molecule has 9 heteroatoms. The number of nitrogens with zero attached hydrogens (tertiary/aromatic N) is 1. The molecule has 1 saturated heterocycles. The van der Waals surface area contributed by atoms with Gasteiger partial charge >= 0.3 is 17.9 Å². The number of carboxylic acids is 2. The third kappa shape index (κ3) is 5.52. The van der Waals surface area contributed by atoms with E-state index < -0.39 is 17.5 Å². The second kappa shape index (κ2) is 10.3. The molecule has 0 aromatic heterocycles. The molecule has 3 N–H and O–H groups in total. The number of hydrogen-bond donors (Lipinski definition) is 3. The summed E-state index contributed by atoms with van der Waals surface area (Å²) in [7, 11) is 1.38. The number of rotatable bonds is 4. The summed E-state index contributed by atoms with van der Waals surface area (Å²) in [5.41, 5.74) is -0.161. The fourth-order valence-electron chi connectivity index (χ4n) is 2.91. The zero-order valence-electron chi connectivity index (χ0n) is 15.3. The van der Waals surface area contributed by atoms with Crippen LogP contribution in [0.5, 0.6) is 0 Å². The minimum Gasteiger partial charge on any atom is -0.473 e. The van der Waals surface area contributed by atoms with Crippen LogP contribution < -0.4 is 10.2 Å². The Kier molecular flexibility index (Phi) is 8.40. The number of nitrogens with one attached hydrogen (secondary N) is 1. The number of carboxylic acid groups (broad SMARTS) is 2. The Hall–Kier alpha value is -2.94. The summed E-state index contributed by atoms with van der Waals surface area (Å²) in [5.74, 6) is -4.05. The number of carbonyl (C=O) groups excluding carboxylic acids is 2. The van der Waals surface area contributed by atoms with Gasteiger partial charge in [-0.2, -0.15) is 0 Å². The molecule has 1 aromatic rings. The first kappa shape index (κ1) is 22.1. The van der Waals surface area contributed by atoms with Crippen LogP contribution in [0.15, 0.2) is 30.3 Å². The topological polar surface area (TPSA) is 133 Å². The largest absolute Gasteiger partial charge is 0.473 e. The number of methoxy groups -OCH3 is 1. The Morgan fingerprint density at radius 3 is 2.00 bits per heavy atom. The fourth-order valence-corrected chi connectivity index (χ4v) is 2.91. The average Bonchev–Trinajstić information content (AvgIpc) is 2.69. The standard InChI is InChI=1S/C16H22N2O3.C2H2O4/c1-3-14(19)18(13-7-5-4-6-8-13)16(15(20)21-2)9-11-17-12-10-16;3-1(4)2(5)6/h4-8,17H,3,9-12H2,1-2H3;(H,3,4)(H,5,6). The Morgan fingerprint density at radius 1 is 1.07 bits per heavy atom. The smallest absolute Gasteiger partial charge is 0.414 e. The van der Waals surface area contributed by atoms with Crippen molar-refractivity contribution < 1.29 is 34.1 Å². The molecule has 1 aliphatic rings. The number of esters is 1. The van der Waals surface area contributed by atoms with E-state index in [1.807, 2.05) is 37.3 Å². The summed E-state index contributed by atoms with van der Waals surface area (Å²) in [6.07, 6.45) is 1.46. The summed E-state index contributed by atoms with van der Waals surface area (Å²) in [4.78, 5) is 44.9. The molecule has 0 bridgehead atoms. The van der Waals surface area contributed by atoms with Crippen LogP contribution in [0.4, 0.5) is 5.69 Å². The quantitative estimate of drug-likeness (QED) is 0.518. The van der Waals surface area contributed by atoms with Crippen molar-refractivity contribution in [1.29, 1.82) is 0 Å². The van der Waals surface area contributed by atoms with E-state index in [9.17, 15) is 9.59 Å². The van der Waals surface area contributed by atoms with E-state index in [1.165, 1.54) is 7.11 Å². The highest BCUT2D eigenvalue weighted by Crippen LogP contribution is 2.33. The molecular formula is C18H24N2O7. The SMILES string of the molecule is CCC(=O)N(c1ccccc1)C1(C(=O)OC)CCNCC1.O=C(O)C(=O)O. The Balaban J connectivity index is 0.000000527. The molecule has 1 aliphatic heterocycles. The predicted molar refractivity (Wildman–Crippen MR) is 96.3 cm³/mol. The number of anilines is 1. The van der Waals surface area contributed by atoms with E-state index in [4.69, 9.17) is 24.5 Å². The molecule has 0 atom stereocenters. The van der Waals surface area contributed by atoms with Crippen molar-refractivity contribution >= 4 is 29.5 Å². The van der Waals surface area contributed by atoms with Crippen molar-refractivity contribution in [2.75, 3.05) is 25.1 Å². The molecule has 0 saturated carbocycles. The van der Waals surface area contributed by atoms with Crippen LogP contribution in [0, 0.1) is 0 Å². The first-order valence-corrected chi connectivity index (χ1v) is 8.43. The van der Waals surface area contributed by atoms with Gasteiger partial charge in [-0.15, -0.1) is 0 Å². The molecule has 0 spiro atoms. The second-order valence-corrected chi connectivity index (χ2v) is 5.80. The van der Waals surface area contributed by atoms with E-state index >= 15 is 0 Å². The van der Waals surface area contributed by atoms with Crippen LogP contribution in [-0.4, -0.2) is 59.8 Å². The highest BCUT2D eigenvalue weighted by atomic mass is 16.5. The lowest BCUT2D eigenvalue weighted by atomic mass is 9.85. The van der Waals surface area contributed by atoms with E-state index in [0.717, 1.165) is 5.69 Å². The van der Waals surface area contributed by atoms with E-state index in [2.05, 4.69) is 5.32 Å². The third-order valence-corrected chi connectivity index (χ3v) is 4.17.